The van der Waals surface area contributed by atoms with Crippen molar-refractivity contribution in [2.24, 2.45) is 11.7 Å². The summed E-state index contributed by atoms with van der Waals surface area (Å²) in [6.07, 6.45) is 4.16. The molecule has 1 aromatic heterocycles. The molecule has 0 spiro atoms. The fourth-order valence-corrected chi connectivity index (χ4v) is 3.67. The van der Waals surface area contributed by atoms with Gasteiger partial charge in [-0.05, 0) is 25.2 Å². The fourth-order valence-electron chi connectivity index (χ4n) is 3.67. The Bertz CT molecular complexity index is 799. The molecule has 0 aliphatic carbocycles. The maximum Gasteiger partial charge on any atom is 0.326 e. The standard InChI is InChI=1S/C20H32N6O6/c1-11(2)6-13(21)17(28)25-15(9-27)19(30)26-5-3-4-16(26)18(29)24-14(20(31)32)7-12-8-22-10-23-12/h8,10-11,13-16,27H,3-7,9,21H2,1-2H3,(H,22,23)(H,24,29)(H,25,28)(H,31,32). The van der Waals surface area contributed by atoms with Crippen LogP contribution in [0.1, 0.15) is 38.8 Å². The number of imidazole rings is 1. The Labute approximate surface area is 185 Å². The SMILES string of the molecule is CC(C)CC(N)C(=O)NC(CO)C(=O)N1CCCC1C(=O)NC(Cc1cnc[nH]1)C(=O)O. The van der Waals surface area contributed by atoms with Crippen LogP contribution in [0.2, 0.25) is 0 Å². The van der Waals surface area contributed by atoms with Crippen LogP contribution in [0.3, 0.4) is 0 Å². The van der Waals surface area contributed by atoms with Gasteiger partial charge in [0.2, 0.25) is 17.7 Å². The van der Waals surface area contributed by atoms with Gasteiger partial charge in [-0.1, -0.05) is 13.8 Å². The lowest BCUT2D eigenvalue weighted by Crippen LogP contribution is -2.58. The number of likely N-dealkylation sites (tertiary alicyclic amines) is 1. The molecule has 1 saturated heterocycles. The predicted molar refractivity (Wildman–Crippen MR) is 113 cm³/mol. The van der Waals surface area contributed by atoms with Crippen molar-refractivity contribution in [2.75, 3.05) is 13.2 Å². The van der Waals surface area contributed by atoms with Crippen molar-refractivity contribution in [3.05, 3.63) is 18.2 Å². The minimum absolute atomic E-state index is 0.00476. The lowest BCUT2D eigenvalue weighted by molar-refractivity contribution is -0.145. The van der Waals surface area contributed by atoms with Crippen LogP contribution in [0.4, 0.5) is 0 Å². The number of nitrogens with zero attached hydrogens (tertiary/aromatic N) is 2. The Hall–Kier alpha value is -2.99. The van der Waals surface area contributed by atoms with Crippen molar-refractivity contribution in [2.45, 2.75) is 63.7 Å². The van der Waals surface area contributed by atoms with E-state index in [2.05, 4.69) is 20.6 Å². The molecule has 32 heavy (non-hydrogen) atoms. The lowest BCUT2D eigenvalue weighted by Gasteiger charge is -2.29. The van der Waals surface area contributed by atoms with Crippen molar-refractivity contribution >= 4 is 23.7 Å². The lowest BCUT2D eigenvalue weighted by atomic mass is 10.0. The number of rotatable bonds is 11. The van der Waals surface area contributed by atoms with E-state index in [1.54, 1.807) is 0 Å². The van der Waals surface area contributed by atoms with Gasteiger partial charge in [-0.25, -0.2) is 9.78 Å². The Morgan fingerprint density at radius 3 is 2.56 bits per heavy atom. The molecule has 4 unspecified atom stereocenters. The smallest absolute Gasteiger partial charge is 0.326 e. The van der Waals surface area contributed by atoms with Gasteiger partial charge >= 0.3 is 5.97 Å². The number of carbonyl (C=O) groups excluding carboxylic acids is 3. The molecule has 1 fully saturated rings. The zero-order valence-corrected chi connectivity index (χ0v) is 18.3. The maximum absolute atomic E-state index is 12.9. The summed E-state index contributed by atoms with van der Waals surface area (Å²) in [5, 5.41) is 24.0. The van der Waals surface area contributed by atoms with E-state index in [9.17, 15) is 29.4 Å². The second-order valence-electron chi connectivity index (χ2n) is 8.35. The summed E-state index contributed by atoms with van der Waals surface area (Å²) in [5.41, 5.74) is 6.38. The van der Waals surface area contributed by atoms with Gasteiger partial charge in [-0.2, -0.15) is 0 Å². The van der Waals surface area contributed by atoms with E-state index < -0.39 is 54.5 Å². The van der Waals surface area contributed by atoms with Crippen molar-refractivity contribution in [1.82, 2.24) is 25.5 Å². The molecule has 0 bridgehead atoms. The van der Waals surface area contributed by atoms with Crippen LogP contribution in [0.25, 0.3) is 0 Å². The molecule has 7 N–H and O–H groups in total. The monoisotopic (exact) mass is 452 g/mol. The number of aliphatic hydroxyl groups is 1. The zero-order valence-electron chi connectivity index (χ0n) is 18.3. The number of carbonyl (C=O) groups is 4. The number of carboxylic acids is 1. The van der Waals surface area contributed by atoms with Gasteiger partial charge in [0.1, 0.15) is 18.1 Å². The molecule has 178 valence electrons. The number of aromatic nitrogens is 2. The largest absolute Gasteiger partial charge is 0.480 e. The maximum atomic E-state index is 12.9. The number of aromatic amines is 1. The number of aliphatic hydroxyl groups excluding tert-OH is 1. The van der Waals surface area contributed by atoms with E-state index in [1.807, 2.05) is 13.8 Å². The van der Waals surface area contributed by atoms with E-state index in [4.69, 9.17) is 5.73 Å². The van der Waals surface area contributed by atoms with E-state index in [-0.39, 0.29) is 18.9 Å². The third-order valence-electron chi connectivity index (χ3n) is 5.29. The molecule has 1 aliphatic rings. The number of amides is 3. The number of aliphatic carboxylic acids is 1. The Morgan fingerprint density at radius 1 is 1.28 bits per heavy atom. The van der Waals surface area contributed by atoms with Crippen LogP contribution in [-0.2, 0) is 25.6 Å². The van der Waals surface area contributed by atoms with Crippen LogP contribution >= 0.6 is 0 Å². The highest BCUT2D eigenvalue weighted by atomic mass is 16.4. The molecular formula is C20H32N6O6. The predicted octanol–water partition coefficient (Wildman–Crippen LogP) is -1.64. The average Bonchev–Trinajstić information content (AvgIpc) is 3.42. The highest BCUT2D eigenvalue weighted by Gasteiger charge is 2.39. The number of nitrogens with one attached hydrogen (secondary N) is 3. The Morgan fingerprint density at radius 2 is 2.00 bits per heavy atom. The van der Waals surface area contributed by atoms with Crippen molar-refractivity contribution < 1.29 is 29.4 Å². The normalized spacial score (nSPS) is 18.8. The second-order valence-corrected chi connectivity index (χ2v) is 8.35. The fraction of sp³-hybridized carbons (Fsp3) is 0.650. The average molecular weight is 453 g/mol. The van der Waals surface area contributed by atoms with E-state index in [0.29, 0.717) is 25.0 Å². The minimum Gasteiger partial charge on any atom is -0.480 e. The molecule has 0 radical (unpaired) electrons. The van der Waals surface area contributed by atoms with E-state index in [0.717, 1.165) is 0 Å². The van der Waals surface area contributed by atoms with E-state index in [1.165, 1.54) is 17.4 Å². The molecule has 0 aromatic carbocycles. The number of nitrogens with two attached hydrogens (primary N) is 1. The first kappa shape index (κ1) is 25.3. The summed E-state index contributed by atoms with van der Waals surface area (Å²) in [6, 6.07) is -4.17. The first-order valence-corrected chi connectivity index (χ1v) is 10.6. The molecule has 2 rings (SSSR count). The zero-order chi connectivity index (χ0) is 23.8. The van der Waals surface area contributed by atoms with Crippen LogP contribution < -0.4 is 16.4 Å². The molecule has 2 heterocycles. The van der Waals surface area contributed by atoms with Crippen molar-refractivity contribution in [3.63, 3.8) is 0 Å². The summed E-state index contributed by atoms with van der Waals surface area (Å²) in [6.45, 7) is 3.42. The van der Waals surface area contributed by atoms with Crippen LogP contribution in [0.5, 0.6) is 0 Å². The number of H-pyrrole nitrogens is 1. The van der Waals surface area contributed by atoms with Crippen LogP contribution in [0, 0.1) is 5.92 Å². The Kier molecular flexibility index (Phi) is 9.14. The van der Waals surface area contributed by atoms with Gasteiger partial charge in [0.25, 0.3) is 0 Å². The van der Waals surface area contributed by atoms with Gasteiger partial charge in [0, 0.05) is 24.9 Å². The molecule has 12 heteroatoms. The summed E-state index contributed by atoms with van der Waals surface area (Å²) in [7, 11) is 0. The van der Waals surface area contributed by atoms with Crippen LogP contribution in [0.15, 0.2) is 12.5 Å². The molecule has 0 saturated carbocycles. The topological polar surface area (TPSA) is 191 Å². The van der Waals surface area contributed by atoms with Gasteiger partial charge in [0.05, 0.1) is 19.0 Å². The molecule has 3 amide bonds. The van der Waals surface area contributed by atoms with Crippen LogP contribution in [-0.4, -0.2) is 86.1 Å². The quantitative estimate of drug-likeness (QED) is 0.230. The molecule has 4 atom stereocenters. The first-order valence-electron chi connectivity index (χ1n) is 10.6. The molecule has 1 aliphatic heterocycles. The van der Waals surface area contributed by atoms with Gasteiger partial charge in [0.15, 0.2) is 0 Å². The summed E-state index contributed by atoms with van der Waals surface area (Å²) in [4.78, 5) is 57.5. The molecular weight excluding hydrogens is 420 g/mol. The van der Waals surface area contributed by atoms with Crippen molar-refractivity contribution in [3.8, 4) is 0 Å². The van der Waals surface area contributed by atoms with Gasteiger partial charge in [-0.3, -0.25) is 14.4 Å². The minimum atomic E-state index is -1.24. The molecule has 1 aromatic rings. The van der Waals surface area contributed by atoms with Gasteiger partial charge in [-0.15, -0.1) is 0 Å². The number of hydrogen-bond donors (Lipinski definition) is 6. The first-order chi connectivity index (χ1) is 15.1. The number of hydrogen-bond acceptors (Lipinski definition) is 7. The molecule has 12 nitrogen and oxygen atoms in total. The van der Waals surface area contributed by atoms with E-state index >= 15 is 0 Å². The summed E-state index contributed by atoms with van der Waals surface area (Å²) >= 11 is 0. The summed E-state index contributed by atoms with van der Waals surface area (Å²) in [5.74, 6) is -2.83. The number of carboxylic acid groups (broad SMARTS) is 1. The summed E-state index contributed by atoms with van der Waals surface area (Å²) < 4.78 is 0. The highest BCUT2D eigenvalue weighted by molar-refractivity contribution is 5.94. The second kappa shape index (κ2) is 11.6. The van der Waals surface area contributed by atoms with Crippen molar-refractivity contribution in [1.29, 1.82) is 0 Å². The third kappa shape index (κ3) is 6.76. The highest BCUT2D eigenvalue weighted by Crippen LogP contribution is 2.19. The van der Waals surface area contributed by atoms with Gasteiger partial charge < -0.3 is 36.5 Å². The Balaban J connectivity index is 2.03. The third-order valence-corrected chi connectivity index (χ3v) is 5.29.